The van der Waals surface area contributed by atoms with E-state index in [1.165, 1.54) is 0 Å². The molecule has 0 aliphatic rings. The summed E-state index contributed by atoms with van der Waals surface area (Å²) in [4.78, 5) is 4.11. The first-order valence-electron chi connectivity index (χ1n) is 6.06. The van der Waals surface area contributed by atoms with Crippen LogP contribution in [-0.2, 0) is 13.2 Å². The first-order chi connectivity index (χ1) is 9.26. The maximum absolute atomic E-state index is 9.06. The van der Waals surface area contributed by atoms with Crippen LogP contribution < -0.4 is 4.74 Å². The van der Waals surface area contributed by atoms with Crippen LogP contribution in [0.5, 0.6) is 5.75 Å². The molecule has 0 saturated heterocycles. The minimum absolute atomic E-state index is 0.366. The van der Waals surface area contributed by atoms with Crippen LogP contribution in [0.15, 0.2) is 30.7 Å². The van der Waals surface area contributed by atoms with E-state index >= 15 is 0 Å². The molecule has 0 atom stereocenters. The summed E-state index contributed by atoms with van der Waals surface area (Å²) < 4.78 is 7.71. The highest BCUT2D eigenvalue weighted by molar-refractivity contribution is 6.31. The summed E-state index contributed by atoms with van der Waals surface area (Å²) in [6.07, 6.45) is 4.58. The Kier molecular flexibility index (Phi) is 4.43. The van der Waals surface area contributed by atoms with Crippen LogP contribution in [0.3, 0.4) is 0 Å². The molecule has 1 aromatic heterocycles. The third kappa shape index (κ3) is 3.07. The van der Waals surface area contributed by atoms with Gasteiger partial charge < -0.3 is 9.30 Å². The van der Waals surface area contributed by atoms with Crippen molar-refractivity contribution in [3.05, 3.63) is 47.0 Å². The van der Waals surface area contributed by atoms with Crippen LogP contribution in [0, 0.1) is 11.3 Å². The lowest BCUT2D eigenvalue weighted by Crippen LogP contribution is -2.05. The summed E-state index contributed by atoms with van der Waals surface area (Å²) in [6, 6.07) is 7.24. The molecule has 0 N–H and O–H groups in total. The van der Waals surface area contributed by atoms with Crippen molar-refractivity contribution in [2.45, 2.75) is 26.5 Å². The van der Waals surface area contributed by atoms with Gasteiger partial charge in [0.15, 0.2) is 0 Å². The van der Waals surface area contributed by atoms with E-state index in [-0.39, 0.29) is 0 Å². The Hall–Kier alpha value is -1.99. The maximum atomic E-state index is 9.06. The summed E-state index contributed by atoms with van der Waals surface area (Å²) in [6.45, 7) is 3.38. The smallest absolute Gasteiger partial charge is 0.139 e. The standard InChI is InChI=1S/C14H14ClN3O/c1-2-6-18-10-17-8-11(18)9-19-14-5-3-4-13(15)12(14)7-16/h3-5,8,10H,2,6,9H2,1H3. The fourth-order valence-corrected chi connectivity index (χ4v) is 2.00. The Morgan fingerprint density at radius 3 is 3.05 bits per heavy atom. The van der Waals surface area contributed by atoms with Gasteiger partial charge in [-0.1, -0.05) is 24.6 Å². The number of halogens is 1. The average molecular weight is 276 g/mol. The van der Waals surface area contributed by atoms with Gasteiger partial charge in [0, 0.05) is 6.54 Å². The minimum Gasteiger partial charge on any atom is -0.486 e. The van der Waals surface area contributed by atoms with Crippen molar-refractivity contribution in [2.75, 3.05) is 0 Å². The summed E-state index contributed by atoms with van der Waals surface area (Å²) in [5, 5.41) is 9.47. The van der Waals surface area contributed by atoms with Gasteiger partial charge in [0.05, 0.1) is 23.2 Å². The molecule has 2 rings (SSSR count). The van der Waals surface area contributed by atoms with Crippen molar-refractivity contribution in [2.24, 2.45) is 0 Å². The average Bonchev–Trinajstić information content (AvgIpc) is 2.84. The van der Waals surface area contributed by atoms with Crippen molar-refractivity contribution in [1.29, 1.82) is 5.26 Å². The lowest BCUT2D eigenvalue weighted by atomic mass is 10.2. The lowest BCUT2D eigenvalue weighted by molar-refractivity contribution is 0.294. The summed E-state index contributed by atoms with van der Waals surface area (Å²) in [7, 11) is 0. The van der Waals surface area contributed by atoms with E-state index in [4.69, 9.17) is 21.6 Å². The molecule has 0 amide bonds. The maximum Gasteiger partial charge on any atom is 0.139 e. The summed E-state index contributed by atoms with van der Waals surface area (Å²) >= 11 is 5.95. The Balaban J connectivity index is 2.13. The number of hydrogen-bond donors (Lipinski definition) is 0. The number of nitrogens with zero attached hydrogens (tertiary/aromatic N) is 3. The number of aromatic nitrogens is 2. The Labute approximate surface area is 117 Å². The van der Waals surface area contributed by atoms with E-state index in [9.17, 15) is 0 Å². The van der Waals surface area contributed by atoms with Gasteiger partial charge >= 0.3 is 0 Å². The Morgan fingerprint density at radius 1 is 1.47 bits per heavy atom. The zero-order valence-electron chi connectivity index (χ0n) is 10.6. The molecule has 0 saturated carbocycles. The second-order valence-electron chi connectivity index (χ2n) is 4.09. The lowest BCUT2D eigenvalue weighted by Gasteiger charge is -2.10. The van der Waals surface area contributed by atoms with Gasteiger partial charge in [-0.2, -0.15) is 5.26 Å². The molecular weight excluding hydrogens is 262 g/mol. The highest BCUT2D eigenvalue weighted by atomic mass is 35.5. The Morgan fingerprint density at radius 2 is 2.32 bits per heavy atom. The largest absolute Gasteiger partial charge is 0.486 e. The Bertz CT molecular complexity index is 601. The van der Waals surface area contributed by atoms with E-state index in [1.807, 2.05) is 4.57 Å². The molecule has 0 bridgehead atoms. The quantitative estimate of drug-likeness (QED) is 0.840. The summed E-state index contributed by atoms with van der Waals surface area (Å²) in [5.41, 5.74) is 1.34. The van der Waals surface area contributed by atoms with Crippen LogP contribution >= 0.6 is 11.6 Å². The van der Waals surface area contributed by atoms with Crippen LogP contribution in [0.1, 0.15) is 24.6 Å². The van der Waals surface area contributed by atoms with Gasteiger partial charge in [0.1, 0.15) is 24.0 Å². The SMILES string of the molecule is CCCn1cncc1COc1cccc(Cl)c1C#N. The van der Waals surface area contributed by atoms with Gasteiger partial charge in [-0.25, -0.2) is 4.98 Å². The third-order valence-electron chi connectivity index (χ3n) is 2.73. The number of imidazole rings is 1. The van der Waals surface area contributed by atoms with Crippen LogP contribution in [0.2, 0.25) is 5.02 Å². The van der Waals surface area contributed by atoms with Crippen molar-refractivity contribution >= 4 is 11.6 Å². The first-order valence-corrected chi connectivity index (χ1v) is 6.44. The van der Waals surface area contributed by atoms with Gasteiger partial charge in [0.25, 0.3) is 0 Å². The molecule has 0 aliphatic heterocycles. The fourth-order valence-electron chi connectivity index (χ4n) is 1.80. The zero-order chi connectivity index (χ0) is 13.7. The molecule has 19 heavy (non-hydrogen) atoms. The van der Waals surface area contributed by atoms with E-state index in [0.717, 1.165) is 18.7 Å². The second kappa shape index (κ2) is 6.26. The number of aryl methyl sites for hydroxylation is 1. The molecule has 0 spiro atoms. The third-order valence-corrected chi connectivity index (χ3v) is 3.04. The van der Waals surface area contributed by atoms with Crippen molar-refractivity contribution in [3.8, 4) is 11.8 Å². The normalized spacial score (nSPS) is 10.2. The van der Waals surface area contributed by atoms with Gasteiger partial charge in [0.2, 0.25) is 0 Å². The van der Waals surface area contributed by atoms with E-state index in [0.29, 0.717) is 22.9 Å². The molecule has 0 radical (unpaired) electrons. The number of hydrogen-bond acceptors (Lipinski definition) is 3. The molecule has 0 unspecified atom stereocenters. The number of ether oxygens (including phenoxy) is 1. The van der Waals surface area contributed by atoms with E-state index in [2.05, 4.69) is 18.0 Å². The predicted octanol–water partition coefficient (Wildman–Crippen LogP) is 3.40. The zero-order valence-corrected chi connectivity index (χ0v) is 11.4. The van der Waals surface area contributed by atoms with Crippen molar-refractivity contribution < 1.29 is 4.74 Å². The molecule has 0 aliphatic carbocycles. The number of nitriles is 1. The fraction of sp³-hybridized carbons (Fsp3) is 0.286. The molecule has 1 heterocycles. The van der Waals surface area contributed by atoms with Crippen LogP contribution in [0.25, 0.3) is 0 Å². The van der Waals surface area contributed by atoms with E-state index in [1.54, 1.807) is 30.7 Å². The molecule has 98 valence electrons. The highest BCUT2D eigenvalue weighted by Crippen LogP contribution is 2.26. The van der Waals surface area contributed by atoms with Gasteiger partial charge in [-0.05, 0) is 18.6 Å². The van der Waals surface area contributed by atoms with Crippen LogP contribution in [-0.4, -0.2) is 9.55 Å². The molecule has 5 heteroatoms. The first kappa shape index (κ1) is 13.4. The number of benzene rings is 1. The van der Waals surface area contributed by atoms with Gasteiger partial charge in [-0.3, -0.25) is 0 Å². The predicted molar refractivity (Wildman–Crippen MR) is 73.0 cm³/mol. The monoisotopic (exact) mass is 275 g/mol. The molecule has 1 aromatic carbocycles. The van der Waals surface area contributed by atoms with Crippen molar-refractivity contribution in [1.82, 2.24) is 9.55 Å². The molecular formula is C14H14ClN3O. The molecule has 4 nitrogen and oxygen atoms in total. The van der Waals surface area contributed by atoms with Crippen LogP contribution in [0.4, 0.5) is 0 Å². The second-order valence-corrected chi connectivity index (χ2v) is 4.50. The minimum atomic E-state index is 0.366. The van der Waals surface area contributed by atoms with Gasteiger partial charge in [-0.15, -0.1) is 0 Å². The van der Waals surface area contributed by atoms with Crippen molar-refractivity contribution in [3.63, 3.8) is 0 Å². The van der Waals surface area contributed by atoms with E-state index < -0.39 is 0 Å². The molecule has 0 fully saturated rings. The number of rotatable bonds is 5. The highest BCUT2D eigenvalue weighted by Gasteiger charge is 2.09. The molecule has 2 aromatic rings. The summed E-state index contributed by atoms with van der Waals surface area (Å²) in [5.74, 6) is 0.499. The topological polar surface area (TPSA) is 50.8 Å².